The van der Waals surface area contributed by atoms with E-state index in [-0.39, 0.29) is 29.7 Å². The summed E-state index contributed by atoms with van der Waals surface area (Å²) in [5.74, 6) is 2.33. The second-order valence-electron chi connectivity index (χ2n) is 8.77. The summed E-state index contributed by atoms with van der Waals surface area (Å²) in [6.07, 6.45) is 7.01. The summed E-state index contributed by atoms with van der Waals surface area (Å²) in [5.41, 5.74) is -0.192. The lowest BCUT2D eigenvalue weighted by atomic mass is 9.49. The van der Waals surface area contributed by atoms with Gasteiger partial charge in [0.2, 0.25) is 17.7 Å². The smallest absolute Gasteiger partial charge is 0.242 e. The van der Waals surface area contributed by atoms with E-state index in [4.69, 9.17) is 0 Å². The minimum absolute atomic E-state index is 0.0266. The molecule has 4 bridgehead atoms. The maximum Gasteiger partial charge on any atom is 0.242 e. The molecule has 1 aliphatic heterocycles. The van der Waals surface area contributed by atoms with Crippen LogP contribution in [0.25, 0.3) is 0 Å². The lowest BCUT2D eigenvalue weighted by molar-refractivity contribution is -0.148. The van der Waals surface area contributed by atoms with Gasteiger partial charge in [-0.2, -0.15) is 0 Å². The van der Waals surface area contributed by atoms with Crippen LogP contribution >= 0.6 is 0 Å². The van der Waals surface area contributed by atoms with E-state index in [0.717, 1.165) is 37.0 Å². The zero-order valence-corrected chi connectivity index (χ0v) is 15.1. The van der Waals surface area contributed by atoms with E-state index < -0.39 is 0 Å². The fourth-order valence-corrected chi connectivity index (χ4v) is 6.11. The Bertz CT molecular complexity index is 545. The number of hydrogen-bond donors (Lipinski definition) is 1. The molecule has 0 atom stereocenters. The minimum atomic E-state index is -0.192. The van der Waals surface area contributed by atoms with Crippen molar-refractivity contribution in [3.63, 3.8) is 0 Å². The summed E-state index contributed by atoms with van der Waals surface area (Å²) in [6.45, 7) is 3.95. The van der Waals surface area contributed by atoms with Gasteiger partial charge in [0.15, 0.2) is 0 Å². The van der Waals surface area contributed by atoms with Crippen molar-refractivity contribution in [1.82, 2.24) is 15.1 Å². The molecule has 0 aromatic heterocycles. The van der Waals surface area contributed by atoms with Crippen molar-refractivity contribution in [2.75, 3.05) is 32.7 Å². The van der Waals surface area contributed by atoms with E-state index in [1.165, 1.54) is 19.3 Å². The van der Waals surface area contributed by atoms with Crippen LogP contribution < -0.4 is 5.32 Å². The molecular formula is C19H29N3O3. The number of hydrogen-bond acceptors (Lipinski definition) is 3. The van der Waals surface area contributed by atoms with Crippen LogP contribution in [0.5, 0.6) is 0 Å². The first-order valence-corrected chi connectivity index (χ1v) is 9.77. The Morgan fingerprint density at radius 2 is 1.36 bits per heavy atom. The highest BCUT2D eigenvalue weighted by Crippen LogP contribution is 2.60. The molecule has 0 aromatic carbocycles. The second-order valence-corrected chi connectivity index (χ2v) is 8.77. The molecule has 1 heterocycles. The molecule has 1 N–H and O–H groups in total. The van der Waals surface area contributed by atoms with Crippen LogP contribution in [0.2, 0.25) is 0 Å². The SMILES string of the molecule is CC(=O)N1CCN(C(=O)CNC(=O)C23CC4CC(CC(C4)C2)C3)CC1. The number of carbonyl (C=O) groups is 3. The Hall–Kier alpha value is -1.59. The van der Waals surface area contributed by atoms with Crippen molar-refractivity contribution < 1.29 is 14.4 Å². The van der Waals surface area contributed by atoms with E-state index in [2.05, 4.69) is 5.32 Å². The lowest BCUT2D eigenvalue weighted by Crippen LogP contribution is -2.56. The maximum absolute atomic E-state index is 12.9. The molecule has 5 aliphatic rings. The third kappa shape index (κ3) is 3.15. The van der Waals surface area contributed by atoms with E-state index in [1.807, 2.05) is 0 Å². The van der Waals surface area contributed by atoms with Gasteiger partial charge in [0.05, 0.1) is 6.54 Å². The van der Waals surface area contributed by atoms with Crippen LogP contribution in [0.4, 0.5) is 0 Å². The van der Waals surface area contributed by atoms with Crippen LogP contribution in [0.3, 0.4) is 0 Å². The predicted molar refractivity (Wildman–Crippen MR) is 92.4 cm³/mol. The summed E-state index contributed by atoms with van der Waals surface area (Å²) >= 11 is 0. The molecule has 6 nitrogen and oxygen atoms in total. The van der Waals surface area contributed by atoms with Gasteiger partial charge in [-0.1, -0.05) is 0 Å². The maximum atomic E-state index is 12.9. The molecule has 1 saturated heterocycles. The zero-order chi connectivity index (χ0) is 17.6. The number of rotatable bonds is 3. The zero-order valence-electron chi connectivity index (χ0n) is 15.1. The molecule has 25 heavy (non-hydrogen) atoms. The number of amides is 3. The lowest BCUT2D eigenvalue weighted by Gasteiger charge is -2.55. The first-order chi connectivity index (χ1) is 11.9. The summed E-state index contributed by atoms with van der Waals surface area (Å²) < 4.78 is 0. The van der Waals surface area contributed by atoms with Crippen molar-refractivity contribution >= 4 is 17.7 Å². The fraction of sp³-hybridized carbons (Fsp3) is 0.842. The van der Waals surface area contributed by atoms with E-state index in [0.29, 0.717) is 26.2 Å². The van der Waals surface area contributed by atoms with Crippen LogP contribution in [0.1, 0.15) is 45.4 Å². The number of carbonyl (C=O) groups excluding carboxylic acids is 3. The monoisotopic (exact) mass is 347 g/mol. The quantitative estimate of drug-likeness (QED) is 0.828. The van der Waals surface area contributed by atoms with Crippen LogP contribution in [0.15, 0.2) is 0 Å². The van der Waals surface area contributed by atoms with Crippen LogP contribution in [-0.2, 0) is 14.4 Å². The number of piperazine rings is 1. The molecule has 0 radical (unpaired) electrons. The Balaban J connectivity index is 1.29. The molecule has 5 rings (SSSR count). The molecule has 6 heteroatoms. The summed E-state index contributed by atoms with van der Waals surface area (Å²) in [4.78, 5) is 40.2. The van der Waals surface area contributed by atoms with Gasteiger partial charge in [-0.05, 0) is 56.3 Å². The minimum Gasteiger partial charge on any atom is -0.347 e. The normalized spacial score (nSPS) is 36.4. The van der Waals surface area contributed by atoms with E-state index in [1.54, 1.807) is 16.7 Å². The summed E-state index contributed by atoms with van der Waals surface area (Å²) in [6, 6.07) is 0. The van der Waals surface area contributed by atoms with E-state index in [9.17, 15) is 14.4 Å². The molecule has 0 spiro atoms. The van der Waals surface area contributed by atoms with Crippen molar-refractivity contribution in [1.29, 1.82) is 0 Å². The second kappa shape index (κ2) is 6.29. The Labute approximate surface area is 149 Å². The molecule has 4 saturated carbocycles. The molecular weight excluding hydrogens is 318 g/mol. The van der Waals surface area contributed by atoms with Crippen molar-refractivity contribution in [3.05, 3.63) is 0 Å². The Morgan fingerprint density at radius 3 is 1.84 bits per heavy atom. The first kappa shape index (κ1) is 16.9. The first-order valence-electron chi connectivity index (χ1n) is 9.77. The summed E-state index contributed by atoms with van der Waals surface area (Å²) in [7, 11) is 0. The van der Waals surface area contributed by atoms with Crippen molar-refractivity contribution in [2.24, 2.45) is 23.2 Å². The van der Waals surface area contributed by atoms with Gasteiger partial charge in [-0.15, -0.1) is 0 Å². The largest absolute Gasteiger partial charge is 0.347 e. The highest BCUT2D eigenvalue weighted by molar-refractivity contribution is 5.88. The number of nitrogens with one attached hydrogen (secondary N) is 1. The third-order valence-corrected chi connectivity index (χ3v) is 7.00. The molecule has 0 aromatic rings. The standard InChI is InChI=1S/C19H29N3O3/c1-13(23)21-2-4-22(5-3-21)17(24)12-20-18(25)19-9-14-6-15(10-19)8-16(7-14)11-19/h14-16H,2-12H2,1H3,(H,20,25). The van der Waals surface area contributed by atoms with Gasteiger partial charge in [0, 0.05) is 38.5 Å². The number of nitrogens with zero attached hydrogens (tertiary/aromatic N) is 2. The van der Waals surface area contributed by atoms with Gasteiger partial charge in [-0.25, -0.2) is 0 Å². The van der Waals surface area contributed by atoms with Gasteiger partial charge < -0.3 is 15.1 Å². The fourth-order valence-electron chi connectivity index (χ4n) is 6.11. The highest BCUT2D eigenvalue weighted by Gasteiger charge is 2.54. The molecule has 138 valence electrons. The Morgan fingerprint density at radius 1 is 0.880 bits per heavy atom. The highest BCUT2D eigenvalue weighted by atomic mass is 16.2. The van der Waals surface area contributed by atoms with Crippen LogP contribution in [-0.4, -0.2) is 60.2 Å². The van der Waals surface area contributed by atoms with E-state index >= 15 is 0 Å². The average molecular weight is 347 g/mol. The molecule has 3 amide bonds. The van der Waals surface area contributed by atoms with Gasteiger partial charge in [0.25, 0.3) is 0 Å². The molecule has 4 aliphatic carbocycles. The van der Waals surface area contributed by atoms with Crippen LogP contribution in [0, 0.1) is 23.2 Å². The van der Waals surface area contributed by atoms with Crippen molar-refractivity contribution in [3.8, 4) is 0 Å². The average Bonchev–Trinajstić information content (AvgIpc) is 2.58. The van der Waals surface area contributed by atoms with Crippen molar-refractivity contribution in [2.45, 2.75) is 45.4 Å². The topological polar surface area (TPSA) is 69.7 Å². The van der Waals surface area contributed by atoms with Gasteiger partial charge in [-0.3, -0.25) is 14.4 Å². The van der Waals surface area contributed by atoms with Gasteiger partial charge in [0.1, 0.15) is 0 Å². The third-order valence-electron chi connectivity index (χ3n) is 7.00. The molecule has 5 fully saturated rings. The Kier molecular flexibility index (Phi) is 4.24. The summed E-state index contributed by atoms with van der Waals surface area (Å²) in [5, 5.41) is 2.96. The predicted octanol–water partition coefficient (Wildman–Crippen LogP) is 1.01. The van der Waals surface area contributed by atoms with Gasteiger partial charge >= 0.3 is 0 Å². The molecule has 0 unspecified atom stereocenters.